The van der Waals surface area contributed by atoms with Crippen molar-refractivity contribution in [2.24, 2.45) is 5.73 Å². The largest absolute Gasteiger partial charge is 0.633 e. The van der Waals surface area contributed by atoms with Gasteiger partial charge in [0.05, 0.1) is 6.04 Å². The van der Waals surface area contributed by atoms with Crippen LogP contribution in [0.25, 0.3) is 0 Å². The number of rotatable bonds is 11. The molecule has 0 fully saturated rings. The molecule has 2 rings (SSSR count). The minimum atomic E-state index is -1.77. The molecule has 0 aliphatic carbocycles. The number of carbonyl (C=O) groups excluding carboxylic acids is 1. The first-order valence-electron chi connectivity index (χ1n) is 8.46. The van der Waals surface area contributed by atoms with E-state index >= 15 is 0 Å². The molecule has 27 heavy (non-hydrogen) atoms. The molecule has 2 aromatic rings. The molecule has 0 aliphatic heterocycles. The summed E-state index contributed by atoms with van der Waals surface area (Å²) >= 11 is 5.83. The van der Waals surface area contributed by atoms with Crippen LogP contribution in [0.3, 0.4) is 0 Å². The highest BCUT2D eigenvalue weighted by Crippen LogP contribution is 2.14. The van der Waals surface area contributed by atoms with Gasteiger partial charge in [0.2, 0.25) is 5.91 Å². The van der Waals surface area contributed by atoms with Crippen LogP contribution in [0.15, 0.2) is 24.3 Å². The fourth-order valence-electron chi connectivity index (χ4n) is 2.37. The summed E-state index contributed by atoms with van der Waals surface area (Å²) in [6.07, 6.45) is 1.86. The van der Waals surface area contributed by atoms with Crippen LogP contribution in [0.1, 0.15) is 36.7 Å². The Bertz CT molecular complexity index is 715. The Kier molecular flexibility index (Phi) is 8.62. The minimum Gasteiger partial charge on any atom is -0.402 e. The van der Waals surface area contributed by atoms with Crippen LogP contribution in [-0.2, 0) is 22.5 Å². The number of halogens is 1. The molecule has 1 aromatic heterocycles. The van der Waals surface area contributed by atoms with Gasteiger partial charge in [-0.05, 0) is 47.4 Å². The fourth-order valence-corrected chi connectivity index (χ4v) is 2.49. The Labute approximate surface area is 161 Å². The van der Waals surface area contributed by atoms with Crippen LogP contribution < -0.4 is 11.1 Å². The van der Waals surface area contributed by atoms with Gasteiger partial charge in [-0.15, -0.1) is 5.10 Å². The van der Waals surface area contributed by atoms with Gasteiger partial charge in [-0.2, -0.15) is 0 Å². The van der Waals surface area contributed by atoms with Crippen molar-refractivity contribution in [3.05, 3.63) is 40.7 Å². The van der Waals surface area contributed by atoms with E-state index in [1.165, 1.54) is 4.68 Å². The molecular formula is C15H22BClN6O4. The zero-order valence-corrected chi connectivity index (χ0v) is 15.4. The highest BCUT2D eigenvalue weighted by Gasteiger charge is 2.17. The summed E-state index contributed by atoms with van der Waals surface area (Å²) in [6.45, 7) is 0.544. The lowest BCUT2D eigenvalue weighted by molar-refractivity contribution is -0.122. The van der Waals surface area contributed by atoms with Gasteiger partial charge in [-0.25, -0.2) is 4.68 Å². The smallest absolute Gasteiger partial charge is 0.402 e. The molecule has 0 bridgehead atoms. The van der Waals surface area contributed by atoms with Crippen molar-refractivity contribution in [3.8, 4) is 0 Å². The fraction of sp³-hybridized carbons (Fsp3) is 0.467. The average Bonchev–Trinajstić information content (AvgIpc) is 3.08. The number of benzene rings is 1. The predicted molar refractivity (Wildman–Crippen MR) is 98.0 cm³/mol. The average molecular weight is 397 g/mol. The third-order valence-corrected chi connectivity index (χ3v) is 4.02. The first-order chi connectivity index (χ1) is 13.0. The molecule has 1 atom stereocenters. The lowest BCUT2D eigenvalue weighted by atomic mass is 10.1. The van der Waals surface area contributed by atoms with Gasteiger partial charge in [0.25, 0.3) is 0 Å². The molecule has 0 saturated heterocycles. The van der Waals surface area contributed by atoms with Gasteiger partial charge in [0.1, 0.15) is 6.54 Å². The van der Waals surface area contributed by atoms with Gasteiger partial charge in [0.15, 0.2) is 5.82 Å². The summed E-state index contributed by atoms with van der Waals surface area (Å²) in [5.74, 6) is 0.177. The molecule has 0 saturated carbocycles. The van der Waals surface area contributed by atoms with E-state index in [0.717, 1.165) is 5.56 Å². The van der Waals surface area contributed by atoms with Crippen molar-refractivity contribution in [2.75, 3.05) is 6.61 Å². The van der Waals surface area contributed by atoms with Crippen molar-refractivity contribution >= 4 is 24.8 Å². The quantitative estimate of drug-likeness (QED) is 0.301. The number of unbranched alkanes of at least 4 members (excludes halogenated alkanes) is 1. The standard InChI is InChI=1S/C15H22BClN6O4/c17-12-6-4-11(5-7-12)9-19-14(24)10-23-15(20-21-22-23)13(18)3-1-2-8-27-16(25)26/h4-7,13,25-26H,1-3,8-10,18H2,(H,19,24). The van der Waals surface area contributed by atoms with E-state index in [-0.39, 0.29) is 19.1 Å². The van der Waals surface area contributed by atoms with Crippen molar-refractivity contribution in [1.82, 2.24) is 25.5 Å². The summed E-state index contributed by atoms with van der Waals surface area (Å²) in [7, 11) is -1.77. The van der Waals surface area contributed by atoms with Crippen molar-refractivity contribution in [3.63, 3.8) is 0 Å². The number of hydrogen-bond donors (Lipinski definition) is 4. The first-order valence-corrected chi connectivity index (χ1v) is 8.84. The molecular weight excluding hydrogens is 374 g/mol. The molecule has 1 heterocycles. The summed E-state index contributed by atoms with van der Waals surface area (Å²) in [5, 5.41) is 31.9. The molecule has 0 aliphatic rings. The number of nitrogens with two attached hydrogens (primary N) is 1. The monoisotopic (exact) mass is 396 g/mol. The molecule has 5 N–H and O–H groups in total. The van der Waals surface area contributed by atoms with Crippen molar-refractivity contribution < 1.29 is 19.5 Å². The number of nitrogens with zero attached hydrogens (tertiary/aromatic N) is 4. The zero-order chi connectivity index (χ0) is 19.6. The summed E-state index contributed by atoms with van der Waals surface area (Å²) in [6, 6.07) is 6.74. The van der Waals surface area contributed by atoms with E-state index in [4.69, 9.17) is 27.4 Å². The molecule has 1 amide bonds. The SMILES string of the molecule is NC(CCCCOB(O)O)c1nnnn1CC(=O)NCc1ccc(Cl)cc1. The van der Waals surface area contributed by atoms with Crippen LogP contribution in [0.2, 0.25) is 5.02 Å². The van der Waals surface area contributed by atoms with E-state index < -0.39 is 13.4 Å². The third kappa shape index (κ3) is 7.61. The summed E-state index contributed by atoms with van der Waals surface area (Å²) < 4.78 is 6.00. The number of nitrogens with one attached hydrogen (secondary N) is 1. The van der Waals surface area contributed by atoms with E-state index in [0.29, 0.717) is 36.7 Å². The Balaban J connectivity index is 1.77. The van der Waals surface area contributed by atoms with Gasteiger partial charge < -0.3 is 25.8 Å². The van der Waals surface area contributed by atoms with E-state index in [2.05, 4.69) is 25.5 Å². The molecule has 1 unspecified atom stereocenters. The lowest BCUT2D eigenvalue weighted by Gasteiger charge is -2.12. The Morgan fingerprint density at radius 2 is 2.07 bits per heavy atom. The van der Waals surface area contributed by atoms with Crippen LogP contribution in [0.5, 0.6) is 0 Å². The predicted octanol–water partition coefficient (Wildman–Crippen LogP) is -0.201. The van der Waals surface area contributed by atoms with Crippen LogP contribution in [0, 0.1) is 0 Å². The molecule has 12 heteroatoms. The van der Waals surface area contributed by atoms with E-state index in [9.17, 15) is 4.79 Å². The van der Waals surface area contributed by atoms with Crippen LogP contribution in [0.4, 0.5) is 0 Å². The molecule has 1 aromatic carbocycles. The van der Waals surface area contributed by atoms with Crippen molar-refractivity contribution in [2.45, 2.75) is 38.4 Å². The second kappa shape index (κ2) is 10.9. The molecule has 10 nitrogen and oxygen atoms in total. The van der Waals surface area contributed by atoms with Crippen molar-refractivity contribution in [1.29, 1.82) is 0 Å². The minimum absolute atomic E-state index is 0.0383. The van der Waals surface area contributed by atoms with E-state index in [1.807, 2.05) is 12.1 Å². The highest BCUT2D eigenvalue weighted by molar-refractivity contribution is 6.32. The number of tetrazole rings is 1. The first kappa shape index (κ1) is 21.3. The van der Waals surface area contributed by atoms with Gasteiger partial charge >= 0.3 is 7.32 Å². The normalized spacial score (nSPS) is 12.0. The number of carbonyl (C=O) groups is 1. The third-order valence-electron chi connectivity index (χ3n) is 3.76. The lowest BCUT2D eigenvalue weighted by Crippen LogP contribution is -2.29. The Morgan fingerprint density at radius 1 is 1.33 bits per heavy atom. The van der Waals surface area contributed by atoms with E-state index in [1.54, 1.807) is 12.1 Å². The maximum Gasteiger partial charge on any atom is 0.633 e. The zero-order valence-electron chi connectivity index (χ0n) is 14.7. The summed E-state index contributed by atoms with van der Waals surface area (Å²) in [5.41, 5.74) is 7.02. The number of aromatic nitrogens is 4. The Morgan fingerprint density at radius 3 is 2.78 bits per heavy atom. The second-order valence-corrected chi connectivity index (χ2v) is 6.33. The van der Waals surface area contributed by atoms with Gasteiger partial charge in [0, 0.05) is 18.2 Å². The number of hydrogen-bond acceptors (Lipinski definition) is 8. The van der Waals surface area contributed by atoms with Gasteiger partial charge in [-0.1, -0.05) is 23.7 Å². The Hall–Kier alpha value is -2.05. The molecule has 0 spiro atoms. The summed E-state index contributed by atoms with van der Waals surface area (Å²) in [4.78, 5) is 12.1. The maximum absolute atomic E-state index is 12.1. The highest BCUT2D eigenvalue weighted by atomic mass is 35.5. The maximum atomic E-state index is 12.1. The van der Waals surface area contributed by atoms with Crippen LogP contribution in [-0.4, -0.2) is 50.1 Å². The molecule has 0 radical (unpaired) electrons. The second-order valence-electron chi connectivity index (χ2n) is 5.90. The molecule has 146 valence electrons. The topological polar surface area (TPSA) is 148 Å². The van der Waals surface area contributed by atoms with Gasteiger partial charge in [-0.3, -0.25) is 4.79 Å². The van der Waals surface area contributed by atoms with Crippen LogP contribution >= 0.6 is 11.6 Å². The number of amides is 1.